The number of rotatable bonds is 2. The molecule has 1 fully saturated rings. The van der Waals surface area contributed by atoms with Crippen LogP contribution in [0.25, 0.3) is 10.9 Å². The molecule has 2 heteroatoms. The van der Waals surface area contributed by atoms with Crippen LogP contribution >= 0.6 is 0 Å². The van der Waals surface area contributed by atoms with Crippen LogP contribution in [-0.4, -0.2) is 15.7 Å². The lowest BCUT2D eigenvalue weighted by atomic mass is 9.76. The normalized spacial score (nSPS) is 27.6. The highest BCUT2D eigenvalue weighted by Crippen LogP contribution is 2.34. The van der Waals surface area contributed by atoms with Crippen molar-refractivity contribution in [1.29, 1.82) is 0 Å². The molecule has 0 bridgehead atoms. The summed E-state index contributed by atoms with van der Waals surface area (Å²) in [6, 6.07) is 12.3. The molecule has 0 saturated heterocycles. The largest absolute Gasteiger partial charge is 0.389 e. The van der Waals surface area contributed by atoms with Gasteiger partial charge in [-0.3, -0.25) is 4.98 Å². The van der Waals surface area contributed by atoms with E-state index in [1.165, 1.54) is 6.42 Å². The Morgan fingerprint density at radius 1 is 1.26 bits per heavy atom. The van der Waals surface area contributed by atoms with Gasteiger partial charge in [-0.15, -0.1) is 0 Å². The fourth-order valence-electron chi connectivity index (χ4n) is 3.34. The molecule has 1 saturated carbocycles. The van der Waals surface area contributed by atoms with Crippen LogP contribution in [0.5, 0.6) is 0 Å². The first-order valence-corrected chi connectivity index (χ1v) is 7.22. The highest BCUT2D eigenvalue weighted by molar-refractivity contribution is 5.78. The Bertz CT molecular complexity index is 580. The van der Waals surface area contributed by atoms with Gasteiger partial charge in [-0.2, -0.15) is 0 Å². The number of hydrogen-bond donors (Lipinski definition) is 1. The summed E-state index contributed by atoms with van der Waals surface area (Å²) in [4.78, 5) is 4.68. The fourth-order valence-corrected chi connectivity index (χ4v) is 3.34. The van der Waals surface area contributed by atoms with Gasteiger partial charge in [0.2, 0.25) is 0 Å². The number of aliphatic hydroxyl groups is 1. The Labute approximate surface area is 114 Å². The van der Waals surface area contributed by atoms with Crippen LogP contribution < -0.4 is 0 Å². The molecule has 0 spiro atoms. The van der Waals surface area contributed by atoms with E-state index in [-0.39, 0.29) is 0 Å². The van der Waals surface area contributed by atoms with E-state index in [0.29, 0.717) is 12.3 Å². The summed E-state index contributed by atoms with van der Waals surface area (Å²) >= 11 is 0. The maximum Gasteiger partial charge on any atom is 0.0705 e. The van der Waals surface area contributed by atoms with Gasteiger partial charge in [-0.05, 0) is 30.9 Å². The van der Waals surface area contributed by atoms with E-state index in [2.05, 4.69) is 30.1 Å². The molecule has 19 heavy (non-hydrogen) atoms. The highest BCUT2D eigenvalue weighted by Gasteiger charge is 2.33. The lowest BCUT2D eigenvalue weighted by Gasteiger charge is -2.35. The third-order valence-corrected chi connectivity index (χ3v) is 4.23. The van der Waals surface area contributed by atoms with Gasteiger partial charge in [-0.25, -0.2) is 0 Å². The zero-order valence-electron chi connectivity index (χ0n) is 11.5. The van der Waals surface area contributed by atoms with Gasteiger partial charge >= 0.3 is 0 Å². The molecule has 1 N–H and O–H groups in total. The Morgan fingerprint density at radius 2 is 2.11 bits per heavy atom. The number of hydrogen-bond acceptors (Lipinski definition) is 2. The van der Waals surface area contributed by atoms with Gasteiger partial charge in [0.15, 0.2) is 0 Å². The number of aromatic nitrogens is 1. The molecule has 2 nitrogen and oxygen atoms in total. The van der Waals surface area contributed by atoms with Gasteiger partial charge in [0.05, 0.1) is 11.1 Å². The second-order valence-corrected chi connectivity index (χ2v) is 6.10. The molecule has 0 radical (unpaired) electrons. The van der Waals surface area contributed by atoms with E-state index in [1.807, 2.05) is 18.2 Å². The maximum atomic E-state index is 10.7. The smallest absolute Gasteiger partial charge is 0.0705 e. The van der Waals surface area contributed by atoms with Crippen LogP contribution in [0.3, 0.4) is 0 Å². The topological polar surface area (TPSA) is 33.1 Å². The molecule has 3 rings (SSSR count). The average molecular weight is 255 g/mol. The molecule has 2 aromatic rings. The second-order valence-electron chi connectivity index (χ2n) is 6.10. The standard InChI is InChI=1S/C17H21NO/c1-13-5-4-10-17(19,11-13)12-15-9-8-14-6-2-3-7-16(14)18-15/h2-3,6-9,13,19H,4-5,10-12H2,1H3. The summed E-state index contributed by atoms with van der Waals surface area (Å²) in [7, 11) is 0. The van der Waals surface area contributed by atoms with E-state index in [9.17, 15) is 5.11 Å². The van der Waals surface area contributed by atoms with Crippen LogP contribution in [0.1, 0.15) is 38.3 Å². The molecule has 1 aromatic heterocycles. The molecule has 1 aromatic carbocycles. The van der Waals surface area contributed by atoms with Crippen molar-refractivity contribution in [2.45, 2.75) is 44.6 Å². The van der Waals surface area contributed by atoms with Crippen molar-refractivity contribution in [3.63, 3.8) is 0 Å². The van der Waals surface area contributed by atoms with E-state index in [1.54, 1.807) is 0 Å². The molecule has 2 unspecified atom stereocenters. The molecule has 0 aliphatic heterocycles. The van der Waals surface area contributed by atoms with Crippen LogP contribution in [-0.2, 0) is 6.42 Å². The third kappa shape index (κ3) is 2.79. The minimum absolute atomic E-state index is 0.548. The third-order valence-electron chi connectivity index (χ3n) is 4.23. The number of para-hydroxylation sites is 1. The van der Waals surface area contributed by atoms with Crippen molar-refractivity contribution in [2.75, 3.05) is 0 Å². The van der Waals surface area contributed by atoms with Gasteiger partial charge < -0.3 is 5.11 Å². The first kappa shape index (κ1) is 12.6. The van der Waals surface area contributed by atoms with Crippen molar-refractivity contribution in [3.8, 4) is 0 Å². The quantitative estimate of drug-likeness (QED) is 0.887. The number of nitrogens with zero attached hydrogens (tertiary/aromatic N) is 1. The average Bonchev–Trinajstić information content (AvgIpc) is 2.38. The number of pyridine rings is 1. The predicted molar refractivity (Wildman–Crippen MR) is 78.0 cm³/mol. The molecule has 2 atom stereocenters. The van der Waals surface area contributed by atoms with Crippen LogP contribution in [0.2, 0.25) is 0 Å². The fraction of sp³-hybridized carbons (Fsp3) is 0.471. The van der Waals surface area contributed by atoms with E-state index in [4.69, 9.17) is 0 Å². The molecular weight excluding hydrogens is 234 g/mol. The van der Waals surface area contributed by atoms with Gasteiger partial charge in [0, 0.05) is 17.5 Å². The van der Waals surface area contributed by atoms with Crippen molar-refractivity contribution < 1.29 is 5.11 Å². The Kier molecular flexibility index (Phi) is 3.28. The second kappa shape index (κ2) is 4.93. The van der Waals surface area contributed by atoms with Gasteiger partial charge in [0.1, 0.15) is 0 Å². The van der Waals surface area contributed by atoms with E-state index >= 15 is 0 Å². The molecule has 0 amide bonds. The number of fused-ring (bicyclic) bond motifs is 1. The summed E-state index contributed by atoms with van der Waals surface area (Å²) in [5, 5.41) is 11.9. The van der Waals surface area contributed by atoms with Crippen molar-refractivity contribution in [2.24, 2.45) is 5.92 Å². The Morgan fingerprint density at radius 3 is 2.95 bits per heavy atom. The lowest BCUT2D eigenvalue weighted by Crippen LogP contribution is -2.37. The minimum atomic E-state index is -0.548. The van der Waals surface area contributed by atoms with E-state index < -0.39 is 5.60 Å². The summed E-state index contributed by atoms with van der Waals surface area (Å²) < 4.78 is 0. The summed E-state index contributed by atoms with van der Waals surface area (Å²) in [5.41, 5.74) is 1.48. The van der Waals surface area contributed by atoms with Crippen molar-refractivity contribution in [1.82, 2.24) is 4.98 Å². The van der Waals surface area contributed by atoms with Crippen molar-refractivity contribution >= 4 is 10.9 Å². The van der Waals surface area contributed by atoms with Gasteiger partial charge in [-0.1, -0.05) is 44.0 Å². The summed E-state index contributed by atoms with van der Waals surface area (Å²) in [6.07, 6.45) is 4.87. The van der Waals surface area contributed by atoms with Crippen LogP contribution in [0, 0.1) is 5.92 Å². The van der Waals surface area contributed by atoms with Crippen LogP contribution in [0.15, 0.2) is 36.4 Å². The first-order chi connectivity index (χ1) is 9.15. The molecule has 1 heterocycles. The molecule has 1 aliphatic rings. The van der Waals surface area contributed by atoms with Crippen molar-refractivity contribution in [3.05, 3.63) is 42.1 Å². The molecule has 100 valence electrons. The zero-order chi connectivity index (χ0) is 13.3. The monoisotopic (exact) mass is 255 g/mol. The highest BCUT2D eigenvalue weighted by atomic mass is 16.3. The summed E-state index contributed by atoms with van der Waals surface area (Å²) in [5.74, 6) is 0.624. The lowest BCUT2D eigenvalue weighted by molar-refractivity contribution is -0.0130. The Balaban J connectivity index is 1.84. The molecular formula is C17H21NO. The van der Waals surface area contributed by atoms with Gasteiger partial charge in [0.25, 0.3) is 0 Å². The SMILES string of the molecule is CC1CCCC(O)(Cc2ccc3ccccc3n2)C1. The maximum absolute atomic E-state index is 10.7. The summed E-state index contributed by atoms with van der Waals surface area (Å²) in [6.45, 7) is 2.23. The number of benzene rings is 1. The molecule has 1 aliphatic carbocycles. The zero-order valence-corrected chi connectivity index (χ0v) is 11.5. The van der Waals surface area contributed by atoms with E-state index in [0.717, 1.165) is 35.9 Å². The Hall–Kier alpha value is -1.41. The first-order valence-electron chi connectivity index (χ1n) is 7.22. The minimum Gasteiger partial charge on any atom is -0.389 e. The van der Waals surface area contributed by atoms with Crippen LogP contribution in [0.4, 0.5) is 0 Å². The predicted octanol–water partition coefficient (Wildman–Crippen LogP) is 3.72.